The molecule has 0 aliphatic carbocycles. The van der Waals surface area contributed by atoms with Gasteiger partial charge in [-0.05, 0) is 55.8 Å². The predicted molar refractivity (Wildman–Crippen MR) is 132 cm³/mol. The van der Waals surface area contributed by atoms with Crippen molar-refractivity contribution in [1.29, 1.82) is 0 Å². The molecule has 1 fully saturated rings. The van der Waals surface area contributed by atoms with Gasteiger partial charge < -0.3 is 19.9 Å². The fraction of sp³-hybridized carbons (Fsp3) is 0.423. The van der Waals surface area contributed by atoms with Crippen LogP contribution < -0.4 is 19.9 Å². The topological polar surface area (TPSA) is 107 Å². The monoisotopic (exact) mass is 480 g/mol. The number of ether oxygens (including phenoxy) is 3. The van der Waals surface area contributed by atoms with Gasteiger partial charge in [-0.2, -0.15) is 5.10 Å². The smallest absolute Gasteiger partial charge is 0.257 e. The van der Waals surface area contributed by atoms with Crippen LogP contribution in [-0.2, 0) is 9.59 Å². The maximum atomic E-state index is 13.5. The second-order valence-corrected chi connectivity index (χ2v) is 8.80. The number of nitrogens with zero attached hydrogens (tertiary/aromatic N) is 3. The molecule has 2 aromatic rings. The molecule has 186 valence electrons. The number of hydrogen-bond acceptors (Lipinski definition) is 7. The number of nitrogens with two attached hydrogens (primary N) is 1. The van der Waals surface area contributed by atoms with Gasteiger partial charge >= 0.3 is 0 Å². The third-order valence-electron chi connectivity index (χ3n) is 6.73. The molecule has 2 heterocycles. The molecule has 4 rings (SSSR count). The molecule has 0 saturated carbocycles. The van der Waals surface area contributed by atoms with E-state index in [4.69, 9.17) is 25.0 Å². The number of rotatable bonds is 8. The molecule has 1 saturated heterocycles. The summed E-state index contributed by atoms with van der Waals surface area (Å²) >= 11 is 0. The van der Waals surface area contributed by atoms with Crippen molar-refractivity contribution in [3.05, 3.63) is 53.6 Å². The van der Waals surface area contributed by atoms with Crippen molar-refractivity contribution in [2.24, 2.45) is 16.8 Å². The van der Waals surface area contributed by atoms with Gasteiger partial charge in [-0.15, -0.1) is 0 Å². The van der Waals surface area contributed by atoms with Crippen LogP contribution in [0.4, 0.5) is 0 Å². The molecule has 2 aromatic carbocycles. The molecule has 2 N–H and O–H groups in total. The van der Waals surface area contributed by atoms with Gasteiger partial charge in [-0.1, -0.05) is 12.1 Å². The number of hydrazone groups is 1. The van der Waals surface area contributed by atoms with Gasteiger partial charge in [0.15, 0.2) is 0 Å². The molecule has 2 amide bonds. The van der Waals surface area contributed by atoms with E-state index in [1.807, 2.05) is 42.5 Å². The first kappa shape index (κ1) is 24.5. The van der Waals surface area contributed by atoms with Crippen LogP contribution in [0.2, 0.25) is 0 Å². The summed E-state index contributed by atoms with van der Waals surface area (Å²) in [6.45, 7) is 1.54. The number of likely N-dealkylation sites (tertiary alicyclic amines) is 1. The molecule has 9 nitrogen and oxygen atoms in total. The van der Waals surface area contributed by atoms with Crippen molar-refractivity contribution in [3.8, 4) is 17.2 Å². The Labute approximate surface area is 205 Å². The standard InChI is InChI=1S/C26H32N4O5/c1-33-19-6-4-17(5-7-19)23-15-22(21-9-8-20(34-2)14-24(21)35-3)28-30(23)25(31)16-29-12-10-18(11-13-29)26(27)32/h4-9,14,18,23H,10-13,15-16H2,1-3H3,(H2,27,32). The summed E-state index contributed by atoms with van der Waals surface area (Å²) in [5.74, 6) is 1.60. The van der Waals surface area contributed by atoms with Crippen LogP contribution in [0.5, 0.6) is 17.2 Å². The third-order valence-corrected chi connectivity index (χ3v) is 6.73. The lowest BCUT2D eigenvalue weighted by Crippen LogP contribution is -2.43. The van der Waals surface area contributed by atoms with Gasteiger partial charge in [0.1, 0.15) is 17.2 Å². The molecule has 9 heteroatoms. The SMILES string of the molecule is COc1ccc(C2CC(c3ccc(OC)cc3OC)=NN2C(=O)CN2CCC(C(N)=O)CC2)cc1. The first-order chi connectivity index (χ1) is 16.9. The molecule has 2 aliphatic heterocycles. The summed E-state index contributed by atoms with van der Waals surface area (Å²) in [5, 5.41) is 6.36. The first-order valence-corrected chi connectivity index (χ1v) is 11.7. The summed E-state index contributed by atoms with van der Waals surface area (Å²) in [5.41, 5.74) is 8.01. The van der Waals surface area contributed by atoms with Gasteiger partial charge in [-0.25, -0.2) is 5.01 Å². The molecule has 0 aromatic heterocycles. The molecule has 1 atom stereocenters. The second kappa shape index (κ2) is 10.8. The molecule has 0 spiro atoms. The van der Waals surface area contributed by atoms with Crippen molar-refractivity contribution < 1.29 is 23.8 Å². The van der Waals surface area contributed by atoms with Crippen molar-refractivity contribution in [2.45, 2.75) is 25.3 Å². The van der Waals surface area contributed by atoms with Gasteiger partial charge in [0.05, 0.1) is 39.6 Å². The molecule has 0 radical (unpaired) electrons. The van der Waals surface area contributed by atoms with E-state index < -0.39 is 0 Å². The number of hydrogen-bond donors (Lipinski definition) is 1. The highest BCUT2D eigenvalue weighted by molar-refractivity contribution is 6.05. The van der Waals surface area contributed by atoms with Crippen molar-refractivity contribution in [1.82, 2.24) is 9.91 Å². The summed E-state index contributed by atoms with van der Waals surface area (Å²) < 4.78 is 16.2. The Balaban J connectivity index is 1.59. The molecule has 1 unspecified atom stereocenters. The van der Waals surface area contributed by atoms with Crippen molar-refractivity contribution in [3.63, 3.8) is 0 Å². The molecule has 35 heavy (non-hydrogen) atoms. The lowest BCUT2D eigenvalue weighted by molar-refractivity contribution is -0.134. The molecule has 0 bridgehead atoms. The maximum Gasteiger partial charge on any atom is 0.257 e. The summed E-state index contributed by atoms with van der Waals surface area (Å²) in [6.07, 6.45) is 1.88. The number of amides is 2. The molecular weight excluding hydrogens is 448 g/mol. The highest BCUT2D eigenvalue weighted by Crippen LogP contribution is 2.37. The number of carbonyl (C=O) groups excluding carboxylic acids is 2. The summed E-state index contributed by atoms with van der Waals surface area (Å²) in [4.78, 5) is 27.0. The Bertz CT molecular complexity index is 1090. The van der Waals surface area contributed by atoms with Gasteiger partial charge in [-0.3, -0.25) is 14.5 Å². The van der Waals surface area contributed by atoms with E-state index in [-0.39, 0.29) is 30.3 Å². The lowest BCUT2D eigenvalue weighted by Gasteiger charge is -2.31. The highest BCUT2D eigenvalue weighted by Gasteiger charge is 2.35. The zero-order valence-electron chi connectivity index (χ0n) is 20.4. The minimum Gasteiger partial charge on any atom is -0.497 e. The second-order valence-electron chi connectivity index (χ2n) is 8.80. The fourth-order valence-corrected chi connectivity index (χ4v) is 4.66. The summed E-state index contributed by atoms with van der Waals surface area (Å²) in [6, 6.07) is 13.0. The number of piperidine rings is 1. The lowest BCUT2D eigenvalue weighted by atomic mass is 9.96. The molecular formula is C26H32N4O5. The average molecular weight is 481 g/mol. The largest absolute Gasteiger partial charge is 0.497 e. The highest BCUT2D eigenvalue weighted by atomic mass is 16.5. The Morgan fingerprint density at radius 1 is 0.971 bits per heavy atom. The van der Waals surface area contributed by atoms with Crippen molar-refractivity contribution in [2.75, 3.05) is 41.0 Å². The first-order valence-electron chi connectivity index (χ1n) is 11.7. The number of primary amides is 1. The van der Waals surface area contributed by atoms with Crippen LogP contribution in [-0.4, -0.2) is 68.4 Å². The summed E-state index contributed by atoms with van der Waals surface area (Å²) in [7, 11) is 4.83. The van der Waals surface area contributed by atoms with E-state index in [2.05, 4.69) is 4.90 Å². The van der Waals surface area contributed by atoms with Crippen LogP contribution >= 0.6 is 0 Å². The zero-order chi connectivity index (χ0) is 24.9. The van der Waals surface area contributed by atoms with E-state index in [9.17, 15) is 9.59 Å². The number of carbonyl (C=O) groups is 2. The van der Waals surface area contributed by atoms with Gasteiger partial charge in [0.2, 0.25) is 5.91 Å². The Hall–Kier alpha value is -3.59. The predicted octanol–water partition coefficient (Wildman–Crippen LogP) is 2.59. The van der Waals surface area contributed by atoms with E-state index in [0.717, 1.165) is 22.6 Å². The Morgan fingerprint density at radius 2 is 1.63 bits per heavy atom. The minimum absolute atomic E-state index is 0.0918. The Morgan fingerprint density at radius 3 is 2.23 bits per heavy atom. The van der Waals surface area contributed by atoms with Crippen molar-refractivity contribution >= 4 is 17.5 Å². The maximum absolute atomic E-state index is 13.5. The quantitative estimate of drug-likeness (QED) is 0.623. The number of benzene rings is 2. The number of methoxy groups -OCH3 is 3. The van der Waals surface area contributed by atoms with E-state index in [0.29, 0.717) is 43.9 Å². The van der Waals surface area contributed by atoms with E-state index in [1.54, 1.807) is 26.3 Å². The fourth-order valence-electron chi connectivity index (χ4n) is 4.66. The minimum atomic E-state index is -0.266. The van der Waals surface area contributed by atoms with Gasteiger partial charge in [0.25, 0.3) is 5.91 Å². The van der Waals surface area contributed by atoms with E-state index >= 15 is 0 Å². The van der Waals surface area contributed by atoms with Crippen LogP contribution in [0.15, 0.2) is 47.6 Å². The van der Waals surface area contributed by atoms with Crippen LogP contribution in [0, 0.1) is 5.92 Å². The van der Waals surface area contributed by atoms with Crippen LogP contribution in [0.1, 0.15) is 36.4 Å². The van der Waals surface area contributed by atoms with Crippen LogP contribution in [0.25, 0.3) is 0 Å². The third kappa shape index (κ3) is 5.40. The average Bonchev–Trinajstić information content (AvgIpc) is 3.34. The van der Waals surface area contributed by atoms with E-state index in [1.165, 1.54) is 0 Å². The normalized spacial score (nSPS) is 18.8. The molecule has 2 aliphatic rings. The zero-order valence-corrected chi connectivity index (χ0v) is 20.4. The Kier molecular flexibility index (Phi) is 7.55. The van der Waals surface area contributed by atoms with Gasteiger partial charge in [0, 0.05) is 24.0 Å². The van der Waals surface area contributed by atoms with Crippen LogP contribution in [0.3, 0.4) is 0 Å².